The first kappa shape index (κ1) is 19.9. The van der Waals surface area contributed by atoms with Crippen LogP contribution in [0.2, 0.25) is 0 Å². The molecule has 1 fully saturated rings. The number of nitrogens with zero attached hydrogens (tertiary/aromatic N) is 7. The van der Waals surface area contributed by atoms with Gasteiger partial charge in [-0.2, -0.15) is 0 Å². The van der Waals surface area contributed by atoms with E-state index in [4.69, 9.17) is 9.72 Å². The first-order chi connectivity index (χ1) is 14.6. The van der Waals surface area contributed by atoms with Crippen LogP contribution in [0.5, 0.6) is 0 Å². The molecule has 0 aliphatic carbocycles. The fourth-order valence-electron chi connectivity index (χ4n) is 3.52. The van der Waals surface area contributed by atoms with Crippen LogP contribution in [0.25, 0.3) is 22.6 Å². The SMILES string of the molecule is CCn1c(-c2cnc(C)nc2)nc2c(N[C@H]3CCN(C(=O)OCCF)C3)ncnc21. The van der Waals surface area contributed by atoms with Gasteiger partial charge in [-0.1, -0.05) is 0 Å². The van der Waals surface area contributed by atoms with E-state index in [2.05, 4.69) is 25.3 Å². The number of hydrogen-bond acceptors (Lipinski definition) is 8. The molecular weight excluding hydrogens is 391 g/mol. The minimum atomic E-state index is -0.686. The van der Waals surface area contributed by atoms with E-state index >= 15 is 0 Å². The highest BCUT2D eigenvalue weighted by Gasteiger charge is 2.28. The molecule has 158 valence electrons. The van der Waals surface area contributed by atoms with Crippen molar-refractivity contribution in [1.29, 1.82) is 0 Å². The quantitative estimate of drug-likeness (QED) is 0.654. The molecule has 1 atom stereocenters. The molecule has 0 saturated carbocycles. The average Bonchev–Trinajstić information content (AvgIpc) is 3.37. The number of carbonyl (C=O) groups excluding carboxylic acids is 1. The highest BCUT2D eigenvalue weighted by molar-refractivity contribution is 5.86. The van der Waals surface area contributed by atoms with Gasteiger partial charge in [0.2, 0.25) is 0 Å². The van der Waals surface area contributed by atoms with Crippen LogP contribution in [0.3, 0.4) is 0 Å². The Labute approximate surface area is 172 Å². The summed E-state index contributed by atoms with van der Waals surface area (Å²) in [6.07, 6.45) is 5.21. The van der Waals surface area contributed by atoms with Crippen molar-refractivity contribution < 1.29 is 13.9 Å². The standard InChI is InChI=1S/C19H23FN8O2/c1-3-28-17(13-8-21-12(2)22-9-13)26-15-16(23-11-24-18(15)28)25-14-4-6-27(10-14)19(29)30-7-5-20/h8-9,11,14H,3-7,10H2,1-2H3,(H,23,24,25)/t14-/m0/s1. The Bertz CT molecular complexity index is 1040. The molecule has 10 nitrogen and oxygen atoms in total. The average molecular weight is 414 g/mol. The Morgan fingerprint density at radius 3 is 2.83 bits per heavy atom. The summed E-state index contributed by atoms with van der Waals surface area (Å²) in [5.74, 6) is 2.01. The molecular formula is C19H23FN8O2. The number of aromatic nitrogens is 6. The van der Waals surface area contributed by atoms with E-state index < -0.39 is 12.8 Å². The van der Waals surface area contributed by atoms with E-state index in [1.54, 1.807) is 17.3 Å². The lowest BCUT2D eigenvalue weighted by molar-refractivity contribution is 0.104. The lowest BCUT2D eigenvalue weighted by Crippen LogP contribution is -2.32. The first-order valence-electron chi connectivity index (χ1n) is 9.85. The van der Waals surface area contributed by atoms with Crippen molar-refractivity contribution in [3.8, 4) is 11.4 Å². The van der Waals surface area contributed by atoms with Crippen LogP contribution in [-0.2, 0) is 11.3 Å². The van der Waals surface area contributed by atoms with Gasteiger partial charge in [0.25, 0.3) is 0 Å². The first-order valence-corrected chi connectivity index (χ1v) is 9.85. The molecule has 0 bridgehead atoms. The third-order valence-corrected chi connectivity index (χ3v) is 4.98. The Kier molecular flexibility index (Phi) is 5.68. The minimum Gasteiger partial charge on any atom is -0.447 e. The molecule has 0 radical (unpaired) electrons. The van der Waals surface area contributed by atoms with Crippen LogP contribution in [0.1, 0.15) is 19.2 Å². The van der Waals surface area contributed by atoms with E-state index in [1.165, 1.54) is 6.33 Å². The zero-order valence-electron chi connectivity index (χ0n) is 16.9. The van der Waals surface area contributed by atoms with Crippen molar-refractivity contribution in [3.05, 3.63) is 24.5 Å². The Morgan fingerprint density at radius 1 is 1.30 bits per heavy atom. The second kappa shape index (κ2) is 8.56. The topological polar surface area (TPSA) is 111 Å². The smallest absolute Gasteiger partial charge is 0.409 e. The van der Waals surface area contributed by atoms with Crippen molar-refractivity contribution in [2.45, 2.75) is 32.9 Å². The molecule has 4 heterocycles. The number of halogens is 1. The van der Waals surface area contributed by atoms with Crippen LogP contribution in [-0.4, -0.2) is 72.9 Å². The lowest BCUT2D eigenvalue weighted by atomic mass is 10.2. The third-order valence-electron chi connectivity index (χ3n) is 4.98. The molecule has 1 amide bonds. The van der Waals surface area contributed by atoms with Crippen molar-refractivity contribution >= 4 is 23.1 Å². The summed E-state index contributed by atoms with van der Waals surface area (Å²) in [7, 11) is 0. The van der Waals surface area contributed by atoms with Crippen LogP contribution in [0, 0.1) is 6.92 Å². The number of hydrogen-bond donors (Lipinski definition) is 1. The molecule has 3 aromatic heterocycles. The molecule has 0 spiro atoms. The molecule has 1 aliphatic rings. The maximum atomic E-state index is 12.2. The minimum absolute atomic E-state index is 0.0149. The second-order valence-electron chi connectivity index (χ2n) is 6.97. The molecule has 3 aromatic rings. The van der Waals surface area contributed by atoms with Crippen molar-refractivity contribution in [3.63, 3.8) is 0 Å². The number of alkyl halides is 1. The van der Waals surface area contributed by atoms with Gasteiger partial charge in [0.05, 0.1) is 5.56 Å². The van der Waals surface area contributed by atoms with Gasteiger partial charge in [0.15, 0.2) is 17.0 Å². The molecule has 1 aliphatic heterocycles. The van der Waals surface area contributed by atoms with Crippen LogP contribution < -0.4 is 5.32 Å². The van der Waals surface area contributed by atoms with E-state index in [1.807, 2.05) is 18.4 Å². The number of likely N-dealkylation sites (tertiary alicyclic amines) is 1. The predicted molar refractivity (Wildman–Crippen MR) is 108 cm³/mol. The van der Waals surface area contributed by atoms with Gasteiger partial charge in [-0.25, -0.2) is 34.1 Å². The monoisotopic (exact) mass is 414 g/mol. The lowest BCUT2D eigenvalue weighted by Gasteiger charge is -2.16. The Morgan fingerprint density at radius 2 is 2.10 bits per heavy atom. The molecule has 1 N–H and O–H groups in total. The van der Waals surface area contributed by atoms with E-state index in [0.717, 1.165) is 17.8 Å². The summed E-state index contributed by atoms with van der Waals surface area (Å²) in [6.45, 7) is 4.60. The normalized spacial score (nSPS) is 16.2. The highest BCUT2D eigenvalue weighted by Crippen LogP contribution is 2.27. The number of anilines is 1. The summed E-state index contributed by atoms with van der Waals surface area (Å²) in [5, 5.41) is 3.37. The molecule has 0 unspecified atom stereocenters. The van der Waals surface area contributed by atoms with Crippen LogP contribution >= 0.6 is 0 Å². The predicted octanol–water partition coefficient (Wildman–Crippen LogP) is 2.20. The van der Waals surface area contributed by atoms with Crippen molar-refractivity contribution in [2.24, 2.45) is 0 Å². The van der Waals surface area contributed by atoms with Crippen LogP contribution in [0.15, 0.2) is 18.7 Å². The number of nitrogens with one attached hydrogen (secondary N) is 1. The highest BCUT2D eigenvalue weighted by atomic mass is 19.1. The molecule has 4 rings (SSSR count). The fraction of sp³-hybridized carbons (Fsp3) is 0.474. The maximum absolute atomic E-state index is 12.2. The molecule has 0 aromatic carbocycles. The number of amides is 1. The number of rotatable bonds is 6. The number of ether oxygens (including phenoxy) is 1. The fourth-order valence-corrected chi connectivity index (χ4v) is 3.52. The molecule has 1 saturated heterocycles. The number of imidazole rings is 1. The third kappa shape index (κ3) is 3.87. The summed E-state index contributed by atoms with van der Waals surface area (Å²) >= 11 is 0. The van der Waals surface area contributed by atoms with Gasteiger partial charge in [-0.05, 0) is 20.3 Å². The Hall–Kier alpha value is -3.37. The second-order valence-corrected chi connectivity index (χ2v) is 6.97. The molecule has 30 heavy (non-hydrogen) atoms. The van der Waals surface area contributed by atoms with E-state index in [9.17, 15) is 9.18 Å². The van der Waals surface area contributed by atoms with Gasteiger partial charge in [0.1, 0.15) is 31.3 Å². The number of fused-ring (bicyclic) bond motifs is 1. The van der Waals surface area contributed by atoms with Gasteiger partial charge in [0, 0.05) is 38.1 Å². The summed E-state index contributed by atoms with van der Waals surface area (Å²) in [6, 6.07) is -0.0149. The number of aryl methyl sites for hydroxylation is 2. The Balaban J connectivity index is 1.58. The van der Waals surface area contributed by atoms with E-state index in [-0.39, 0.29) is 12.6 Å². The summed E-state index contributed by atoms with van der Waals surface area (Å²) in [5.41, 5.74) is 2.16. The largest absolute Gasteiger partial charge is 0.447 e. The summed E-state index contributed by atoms with van der Waals surface area (Å²) in [4.78, 5) is 35.6. The van der Waals surface area contributed by atoms with Crippen molar-refractivity contribution in [1.82, 2.24) is 34.4 Å². The molecule has 11 heteroatoms. The van der Waals surface area contributed by atoms with Gasteiger partial charge >= 0.3 is 6.09 Å². The van der Waals surface area contributed by atoms with Gasteiger partial charge in [-0.3, -0.25) is 0 Å². The van der Waals surface area contributed by atoms with Gasteiger partial charge < -0.3 is 19.5 Å². The maximum Gasteiger partial charge on any atom is 0.409 e. The zero-order chi connectivity index (χ0) is 21.1. The zero-order valence-corrected chi connectivity index (χ0v) is 16.9. The van der Waals surface area contributed by atoms with Gasteiger partial charge in [-0.15, -0.1) is 0 Å². The number of carbonyl (C=O) groups is 1. The van der Waals surface area contributed by atoms with E-state index in [0.29, 0.717) is 42.4 Å². The summed E-state index contributed by atoms with van der Waals surface area (Å²) < 4.78 is 19.1. The van der Waals surface area contributed by atoms with Crippen LogP contribution in [0.4, 0.5) is 15.0 Å². The van der Waals surface area contributed by atoms with Crippen molar-refractivity contribution in [2.75, 3.05) is 31.7 Å².